The largest absolute Gasteiger partial charge is 0.444 e. The molecule has 0 atom stereocenters. The van der Waals surface area contributed by atoms with E-state index in [0.717, 1.165) is 17.8 Å². The van der Waals surface area contributed by atoms with Crippen LogP contribution in [0.4, 0.5) is 4.79 Å². The van der Waals surface area contributed by atoms with Crippen LogP contribution >= 0.6 is 0 Å². The van der Waals surface area contributed by atoms with Gasteiger partial charge in [0, 0.05) is 18.5 Å². The zero-order valence-corrected chi connectivity index (χ0v) is 15.3. The molecule has 0 aliphatic heterocycles. The molecule has 4 bridgehead atoms. The fourth-order valence-electron chi connectivity index (χ4n) is 5.38. The number of alkyl carbamates (subject to hydrolysis) is 1. The van der Waals surface area contributed by atoms with Crippen LogP contribution in [0.25, 0.3) is 0 Å². The summed E-state index contributed by atoms with van der Waals surface area (Å²) in [5.41, 5.74) is -0.398. The first-order valence-corrected chi connectivity index (χ1v) is 9.51. The van der Waals surface area contributed by atoms with Gasteiger partial charge in [0.2, 0.25) is 5.91 Å². The standard InChI is InChI=1S/C19H32N2O3/c1-18(2,3)24-17(23)20-6-4-5-16(22)21-19-10-13-7-14(11-19)9-15(8-13)12-19/h13-15H,4-12H2,1-3H3,(H,20,23)(H,21,22). The van der Waals surface area contributed by atoms with Crippen LogP contribution in [-0.2, 0) is 9.53 Å². The summed E-state index contributed by atoms with van der Waals surface area (Å²) in [7, 11) is 0. The minimum atomic E-state index is -0.486. The van der Waals surface area contributed by atoms with E-state index in [9.17, 15) is 9.59 Å². The van der Waals surface area contributed by atoms with E-state index < -0.39 is 11.7 Å². The molecule has 2 N–H and O–H groups in total. The first-order chi connectivity index (χ1) is 11.2. The van der Waals surface area contributed by atoms with Crippen LogP contribution in [0.15, 0.2) is 0 Å². The normalized spacial score (nSPS) is 34.0. The molecule has 0 heterocycles. The summed E-state index contributed by atoms with van der Waals surface area (Å²) in [4.78, 5) is 23.9. The molecule has 0 aromatic rings. The Hall–Kier alpha value is -1.26. The number of amides is 2. The Balaban J connectivity index is 1.37. The minimum absolute atomic E-state index is 0.0877. The second-order valence-electron chi connectivity index (χ2n) is 9.28. The molecule has 4 aliphatic carbocycles. The smallest absolute Gasteiger partial charge is 0.407 e. The summed E-state index contributed by atoms with van der Waals surface area (Å²) in [5, 5.41) is 6.08. The Morgan fingerprint density at radius 1 is 1.04 bits per heavy atom. The molecule has 4 fully saturated rings. The topological polar surface area (TPSA) is 67.4 Å². The van der Waals surface area contributed by atoms with Gasteiger partial charge in [0.25, 0.3) is 0 Å². The second kappa shape index (κ2) is 6.57. The number of hydrogen-bond acceptors (Lipinski definition) is 3. The van der Waals surface area contributed by atoms with Crippen molar-refractivity contribution >= 4 is 12.0 Å². The van der Waals surface area contributed by atoms with Crippen molar-refractivity contribution in [2.45, 2.75) is 83.3 Å². The highest BCUT2D eigenvalue weighted by Crippen LogP contribution is 2.55. The number of ether oxygens (including phenoxy) is 1. The quantitative estimate of drug-likeness (QED) is 0.756. The number of nitrogens with one attached hydrogen (secondary N) is 2. The Labute approximate surface area is 145 Å². The molecular weight excluding hydrogens is 304 g/mol. The van der Waals surface area contributed by atoms with E-state index in [1.165, 1.54) is 38.5 Å². The highest BCUT2D eigenvalue weighted by molar-refractivity contribution is 5.77. The van der Waals surface area contributed by atoms with Crippen LogP contribution in [0.1, 0.15) is 72.1 Å². The van der Waals surface area contributed by atoms with E-state index in [0.29, 0.717) is 19.4 Å². The Kier molecular flexibility index (Phi) is 4.80. The number of rotatable bonds is 5. The van der Waals surface area contributed by atoms with E-state index in [2.05, 4.69) is 10.6 Å². The lowest BCUT2D eigenvalue weighted by atomic mass is 9.53. The van der Waals surface area contributed by atoms with Gasteiger partial charge in [0.15, 0.2) is 0 Å². The van der Waals surface area contributed by atoms with Crippen LogP contribution < -0.4 is 10.6 Å². The van der Waals surface area contributed by atoms with Gasteiger partial charge in [-0.25, -0.2) is 4.79 Å². The van der Waals surface area contributed by atoms with E-state index >= 15 is 0 Å². The maximum Gasteiger partial charge on any atom is 0.407 e. The fraction of sp³-hybridized carbons (Fsp3) is 0.895. The third-order valence-electron chi connectivity index (χ3n) is 5.69. The van der Waals surface area contributed by atoms with Crippen molar-refractivity contribution in [2.24, 2.45) is 17.8 Å². The molecule has 5 nitrogen and oxygen atoms in total. The summed E-state index contributed by atoms with van der Waals surface area (Å²) < 4.78 is 5.19. The van der Waals surface area contributed by atoms with Crippen LogP contribution in [0.3, 0.4) is 0 Å². The van der Waals surface area contributed by atoms with Gasteiger partial charge in [0.05, 0.1) is 0 Å². The Bertz CT molecular complexity index is 460. The maximum atomic E-state index is 12.3. The third-order valence-corrected chi connectivity index (χ3v) is 5.69. The van der Waals surface area contributed by atoms with E-state index in [1.807, 2.05) is 20.8 Å². The fourth-order valence-corrected chi connectivity index (χ4v) is 5.38. The molecule has 0 aromatic carbocycles. The van der Waals surface area contributed by atoms with Crippen LogP contribution in [0.5, 0.6) is 0 Å². The van der Waals surface area contributed by atoms with Gasteiger partial charge in [-0.3, -0.25) is 4.79 Å². The molecule has 0 radical (unpaired) electrons. The van der Waals surface area contributed by atoms with E-state index in [-0.39, 0.29) is 11.4 Å². The van der Waals surface area contributed by atoms with Crippen LogP contribution in [-0.4, -0.2) is 29.7 Å². The molecule has 0 aromatic heterocycles. The first kappa shape index (κ1) is 17.6. The summed E-state index contributed by atoms with van der Waals surface area (Å²) in [6.45, 7) is 5.99. The predicted octanol–water partition coefficient (Wildman–Crippen LogP) is 3.38. The van der Waals surface area contributed by atoms with Gasteiger partial charge in [-0.05, 0) is 83.5 Å². The highest BCUT2D eigenvalue weighted by Gasteiger charge is 2.51. The van der Waals surface area contributed by atoms with Crippen molar-refractivity contribution < 1.29 is 14.3 Å². The van der Waals surface area contributed by atoms with Gasteiger partial charge in [-0.15, -0.1) is 0 Å². The van der Waals surface area contributed by atoms with Gasteiger partial charge in [0.1, 0.15) is 5.60 Å². The Morgan fingerprint density at radius 2 is 1.58 bits per heavy atom. The van der Waals surface area contributed by atoms with Gasteiger partial charge in [-0.2, -0.15) is 0 Å². The number of hydrogen-bond donors (Lipinski definition) is 2. The molecule has 0 unspecified atom stereocenters. The average molecular weight is 336 g/mol. The summed E-state index contributed by atoms with van der Waals surface area (Å²) >= 11 is 0. The predicted molar refractivity (Wildman–Crippen MR) is 92.5 cm³/mol. The van der Waals surface area contributed by atoms with Crippen molar-refractivity contribution in [1.29, 1.82) is 0 Å². The van der Waals surface area contributed by atoms with Crippen LogP contribution in [0.2, 0.25) is 0 Å². The van der Waals surface area contributed by atoms with Gasteiger partial charge < -0.3 is 15.4 Å². The van der Waals surface area contributed by atoms with E-state index in [4.69, 9.17) is 4.74 Å². The first-order valence-electron chi connectivity index (χ1n) is 9.51. The van der Waals surface area contributed by atoms with Crippen molar-refractivity contribution in [3.05, 3.63) is 0 Å². The molecule has 2 amide bonds. The molecule has 24 heavy (non-hydrogen) atoms. The average Bonchev–Trinajstić information content (AvgIpc) is 2.39. The summed E-state index contributed by atoms with van der Waals surface area (Å²) in [5.74, 6) is 2.66. The maximum absolute atomic E-state index is 12.3. The van der Waals surface area contributed by atoms with Gasteiger partial charge in [-0.1, -0.05) is 0 Å². The molecule has 136 valence electrons. The highest BCUT2D eigenvalue weighted by atomic mass is 16.6. The zero-order valence-electron chi connectivity index (χ0n) is 15.3. The number of carbonyl (C=O) groups is 2. The lowest BCUT2D eigenvalue weighted by molar-refractivity contribution is -0.126. The minimum Gasteiger partial charge on any atom is -0.444 e. The summed E-state index contributed by atoms with van der Waals surface area (Å²) in [6.07, 6.45) is 8.40. The molecular formula is C19H32N2O3. The Morgan fingerprint density at radius 3 is 2.08 bits per heavy atom. The molecule has 0 spiro atoms. The van der Waals surface area contributed by atoms with Crippen molar-refractivity contribution in [2.75, 3.05) is 6.54 Å². The number of carbonyl (C=O) groups excluding carboxylic acids is 2. The molecule has 5 heteroatoms. The monoisotopic (exact) mass is 336 g/mol. The lowest BCUT2D eigenvalue weighted by Crippen LogP contribution is -2.59. The lowest BCUT2D eigenvalue weighted by Gasteiger charge is -2.56. The molecule has 0 saturated heterocycles. The molecule has 4 aliphatic rings. The van der Waals surface area contributed by atoms with Crippen molar-refractivity contribution in [1.82, 2.24) is 10.6 Å². The zero-order chi connectivity index (χ0) is 17.4. The molecule has 4 saturated carbocycles. The van der Waals surface area contributed by atoms with E-state index in [1.54, 1.807) is 0 Å². The van der Waals surface area contributed by atoms with Crippen LogP contribution in [0, 0.1) is 17.8 Å². The summed E-state index contributed by atoms with van der Waals surface area (Å²) in [6, 6.07) is 0. The third kappa shape index (κ3) is 4.42. The van der Waals surface area contributed by atoms with Gasteiger partial charge >= 0.3 is 6.09 Å². The SMILES string of the molecule is CC(C)(C)OC(=O)NCCCC(=O)NC12CC3CC(CC(C3)C1)C2. The van der Waals surface area contributed by atoms with Crippen molar-refractivity contribution in [3.63, 3.8) is 0 Å². The molecule has 4 rings (SSSR count). The van der Waals surface area contributed by atoms with Crippen molar-refractivity contribution in [3.8, 4) is 0 Å². The second-order valence-corrected chi connectivity index (χ2v) is 9.28.